The van der Waals surface area contributed by atoms with Crippen molar-refractivity contribution < 1.29 is 4.74 Å². The predicted molar refractivity (Wildman–Crippen MR) is 80.1 cm³/mol. The summed E-state index contributed by atoms with van der Waals surface area (Å²) in [5.41, 5.74) is 1.38. The van der Waals surface area contributed by atoms with Gasteiger partial charge in [-0.05, 0) is 53.5 Å². The van der Waals surface area contributed by atoms with Gasteiger partial charge in [-0.15, -0.1) is 11.3 Å². The standard InChI is InChI=1S/C13H21BrN2OS/c1-15-12-3-4-17-8-11(12)7-16(2)6-10-5-13(14)18-9-10/h5,9,11-12,15H,3-4,6-8H2,1-2H3. The average molecular weight is 333 g/mol. The van der Waals surface area contributed by atoms with E-state index in [4.69, 9.17) is 4.74 Å². The molecule has 2 atom stereocenters. The molecular weight excluding hydrogens is 312 g/mol. The Bertz CT molecular complexity index is 372. The number of thiophene rings is 1. The Morgan fingerprint density at radius 1 is 1.61 bits per heavy atom. The van der Waals surface area contributed by atoms with Crippen LogP contribution in [0.4, 0.5) is 0 Å². The minimum atomic E-state index is 0.593. The normalized spacial score (nSPS) is 24.7. The Morgan fingerprint density at radius 3 is 3.11 bits per heavy atom. The van der Waals surface area contributed by atoms with Crippen molar-refractivity contribution in [3.63, 3.8) is 0 Å². The third kappa shape index (κ3) is 4.03. The molecule has 1 aromatic rings. The van der Waals surface area contributed by atoms with E-state index in [1.807, 2.05) is 0 Å². The van der Waals surface area contributed by atoms with E-state index in [-0.39, 0.29) is 0 Å². The molecule has 0 bridgehead atoms. The second-order valence-corrected chi connectivity index (χ2v) is 7.27. The average Bonchev–Trinajstić information content (AvgIpc) is 2.75. The van der Waals surface area contributed by atoms with Gasteiger partial charge in [0.2, 0.25) is 0 Å². The van der Waals surface area contributed by atoms with Gasteiger partial charge in [-0.25, -0.2) is 0 Å². The largest absolute Gasteiger partial charge is 0.381 e. The number of rotatable bonds is 5. The van der Waals surface area contributed by atoms with Gasteiger partial charge in [-0.3, -0.25) is 0 Å². The number of hydrogen-bond donors (Lipinski definition) is 1. The molecule has 2 unspecified atom stereocenters. The van der Waals surface area contributed by atoms with E-state index in [1.165, 1.54) is 9.35 Å². The molecule has 102 valence electrons. The fraction of sp³-hybridized carbons (Fsp3) is 0.692. The maximum Gasteiger partial charge on any atom is 0.0701 e. The molecule has 0 amide bonds. The Kier molecular flexibility index (Phi) is 5.63. The summed E-state index contributed by atoms with van der Waals surface area (Å²) < 4.78 is 6.81. The highest BCUT2D eigenvalue weighted by atomic mass is 79.9. The molecule has 5 heteroatoms. The summed E-state index contributed by atoms with van der Waals surface area (Å²) in [5.74, 6) is 0.593. The summed E-state index contributed by atoms with van der Waals surface area (Å²) in [6.45, 7) is 3.86. The summed E-state index contributed by atoms with van der Waals surface area (Å²) in [6, 6.07) is 2.80. The molecule has 1 N–H and O–H groups in total. The van der Waals surface area contributed by atoms with Crippen LogP contribution in [-0.2, 0) is 11.3 Å². The van der Waals surface area contributed by atoms with Gasteiger partial charge in [0.15, 0.2) is 0 Å². The number of hydrogen-bond acceptors (Lipinski definition) is 4. The van der Waals surface area contributed by atoms with Crippen LogP contribution in [0.5, 0.6) is 0 Å². The molecule has 0 aliphatic carbocycles. The van der Waals surface area contributed by atoms with Crippen LogP contribution < -0.4 is 5.32 Å². The van der Waals surface area contributed by atoms with Crippen LogP contribution in [0.3, 0.4) is 0 Å². The maximum absolute atomic E-state index is 5.60. The molecule has 0 radical (unpaired) electrons. The van der Waals surface area contributed by atoms with E-state index in [0.717, 1.165) is 32.7 Å². The molecule has 0 saturated carbocycles. The monoisotopic (exact) mass is 332 g/mol. The van der Waals surface area contributed by atoms with Crippen LogP contribution in [0.15, 0.2) is 15.2 Å². The van der Waals surface area contributed by atoms with E-state index in [1.54, 1.807) is 11.3 Å². The molecule has 0 spiro atoms. The van der Waals surface area contributed by atoms with Crippen molar-refractivity contribution >= 4 is 27.3 Å². The summed E-state index contributed by atoms with van der Waals surface area (Å²) in [4.78, 5) is 2.39. The molecule has 2 heterocycles. The minimum Gasteiger partial charge on any atom is -0.381 e. The number of ether oxygens (including phenoxy) is 1. The quantitative estimate of drug-likeness (QED) is 0.896. The van der Waals surface area contributed by atoms with Crippen LogP contribution in [-0.4, -0.2) is 44.8 Å². The van der Waals surface area contributed by atoms with Gasteiger partial charge < -0.3 is 15.0 Å². The van der Waals surface area contributed by atoms with E-state index < -0.39 is 0 Å². The maximum atomic E-state index is 5.60. The molecule has 18 heavy (non-hydrogen) atoms. The molecule has 1 aliphatic rings. The Morgan fingerprint density at radius 2 is 2.44 bits per heavy atom. The first-order valence-electron chi connectivity index (χ1n) is 6.35. The zero-order valence-electron chi connectivity index (χ0n) is 11.0. The second kappa shape index (κ2) is 7.01. The molecule has 1 saturated heterocycles. The van der Waals surface area contributed by atoms with Crippen molar-refractivity contribution in [2.45, 2.75) is 19.0 Å². The van der Waals surface area contributed by atoms with Gasteiger partial charge in [0, 0.05) is 31.7 Å². The molecule has 3 nitrogen and oxygen atoms in total. The summed E-state index contributed by atoms with van der Waals surface area (Å²) in [7, 11) is 4.24. The number of nitrogens with one attached hydrogen (secondary N) is 1. The van der Waals surface area contributed by atoms with Crippen LogP contribution in [0.2, 0.25) is 0 Å². The van der Waals surface area contributed by atoms with E-state index >= 15 is 0 Å². The van der Waals surface area contributed by atoms with Crippen molar-refractivity contribution in [3.8, 4) is 0 Å². The lowest BCUT2D eigenvalue weighted by molar-refractivity contribution is 0.0208. The predicted octanol–water partition coefficient (Wildman–Crippen LogP) is 2.57. The highest BCUT2D eigenvalue weighted by Gasteiger charge is 2.25. The van der Waals surface area contributed by atoms with Crippen molar-refractivity contribution in [1.29, 1.82) is 0 Å². The van der Waals surface area contributed by atoms with Crippen molar-refractivity contribution in [1.82, 2.24) is 10.2 Å². The van der Waals surface area contributed by atoms with Crippen molar-refractivity contribution in [2.24, 2.45) is 5.92 Å². The van der Waals surface area contributed by atoms with Gasteiger partial charge in [-0.2, -0.15) is 0 Å². The smallest absolute Gasteiger partial charge is 0.0701 e. The van der Waals surface area contributed by atoms with Gasteiger partial charge in [-0.1, -0.05) is 0 Å². The second-order valence-electron chi connectivity index (χ2n) is 4.97. The van der Waals surface area contributed by atoms with Crippen LogP contribution in [0, 0.1) is 5.92 Å². The fourth-order valence-electron chi connectivity index (χ4n) is 2.56. The van der Waals surface area contributed by atoms with Crippen molar-refractivity contribution in [2.75, 3.05) is 33.9 Å². The Hall–Kier alpha value is 0.0600. The third-order valence-corrected chi connectivity index (χ3v) is 5.02. The SMILES string of the molecule is CNC1CCOCC1CN(C)Cc1csc(Br)c1. The summed E-state index contributed by atoms with van der Waals surface area (Å²) in [5, 5.41) is 5.63. The van der Waals surface area contributed by atoms with Gasteiger partial charge in [0.05, 0.1) is 10.4 Å². The lowest BCUT2D eigenvalue weighted by Gasteiger charge is -2.34. The first-order chi connectivity index (χ1) is 8.69. The van der Waals surface area contributed by atoms with Crippen LogP contribution in [0.1, 0.15) is 12.0 Å². The third-order valence-electron chi connectivity index (χ3n) is 3.47. The Balaban J connectivity index is 1.84. The van der Waals surface area contributed by atoms with Crippen LogP contribution >= 0.6 is 27.3 Å². The minimum absolute atomic E-state index is 0.593. The Labute approximate surface area is 122 Å². The highest BCUT2D eigenvalue weighted by Crippen LogP contribution is 2.22. The van der Waals surface area contributed by atoms with E-state index in [9.17, 15) is 0 Å². The summed E-state index contributed by atoms with van der Waals surface area (Å²) >= 11 is 5.26. The molecule has 2 rings (SSSR count). The van der Waals surface area contributed by atoms with Crippen molar-refractivity contribution in [3.05, 3.63) is 20.8 Å². The molecule has 1 aliphatic heterocycles. The number of nitrogens with zero attached hydrogens (tertiary/aromatic N) is 1. The lowest BCUT2D eigenvalue weighted by atomic mass is 9.95. The van der Waals surface area contributed by atoms with E-state index in [2.05, 4.69) is 51.7 Å². The van der Waals surface area contributed by atoms with Gasteiger partial charge in [0.1, 0.15) is 0 Å². The fourth-order valence-corrected chi connectivity index (χ4v) is 3.76. The van der Waals surface area contributed by atoms with Crippen LogP contribution in [0.25, 0.3) is 0 Å². The molecule has 1 aromatic heterocycles. The first-order valence-corrected chi connectivity index (χ1v) is 8.02. The van der Waals surface area contributed by atoms with E-state index in [0.29, 0.717) is 12.0 Å². The first kappa shape index (κ1) is 14.5. The molecular formula is C13H21BrN2OS. The number of halogens is 1. The molecule has 0 aromatic carbocycles. The van der Waals surface area contributed by atoms with Gasteiger partial charge in [0.25, 0.3) is 0 Å². The molecule has 1 fully saturated rings. The topological polar surface area (TPSA) is 24.5 Å². The zero-order valence-corrected chi connectivity index (χ0v) is 13.4. The lowest BCUT2D eigenvalue weighted by Crippen LogP contribution is -2.45. The highest BCUT2D eigenvalue weighted by molar-refractivity contribution is 9.11. The van der Waals surface area contributed by atoms with Gasteiger partial charge >= 0.3 is 0 Å². The zero-order chi connectivity index (χ0) is 13.0. The summed E-state index contributed by atoms with van der Waals surface area (Å²) in [6.07, 6.45) is 1.12.